The summed E-state index contributed by atoms with van der Waals surface area (Å²) in [6, 6.07) is 8.93. The molecule has 2 aromatic rings. The number of nitriles is 1. The first kappa shape index (κ1) is 11.2. The Labute approximate surface area is 97.2 Å². The molecular weight excluding hydrogens is 222 g/mol. The highest BCUT2D eigenvalue weighted by Gasteiger charge is 2.08. The molecule has 0 fully saturated rings. The topological polar surface area (TPSA) is 36.7 Å². The first-order valence-corrected chi connectivity index (χ1v) is 4.98. The molecule has 17 heavy (non-hydrogen) atoms. The van der Waals surface area contributed by atoms with Gasteiger partial charge in [-0.2, -0.15) is 5.26 Å². The van der Waals surface area contributed by atoms with Crippen LogP contribution in [0, 0.1) is 23.0 Å². The van der Waals surface area contributed by atoms with Crippen molar-refractivity contribution in [1.82, 2.24) is 4.98 Å². The molecule has 0 aliphatic carbocycles. The Hall–Kier alpha value is -2.28. The lowest BCUT2D eigenvalue weighted by molar-refractivity contribution is 0.619. The van der Waals surface area contributed by atoms with E-state index in [1.54, 1.807) is 12.1 Å². The van der Waals surface area contributed by atoms with Crippen LogP contribution in [0.2, 0.25) is 0 Å². The highest BCUT2D eigenvalue weighted by Crippen LogP contribution is 2.22. The van der Waals surface area contributed by atoms with E-state index in [0.717, 1.165) is 6.20 Å². The van der Waals surface area contributed by atoms with Gasteiger partial charge in [-0.05, 0) is 35.9 Å². The second-order valence-electron chi connectivity index (χ2n) is 3.50. The fourth-order valence-corrected chi connectivity index (χ4v) is 1.57. The van der Waals surface area contributed by atoms with Crippen LogP contribution in [0.4, 0.5) is 8.78 Å². The van der Waals surface area contributed by atoms with Gasteiger partial charge in [0.1, 0.15) is 11.6 Å². The highest BCUT2D eigenvalue weighted by atomic mass is 19.1. The lowest BCUT2D eigenvalue weighted by Gasteiger charge is -2.05. The van der Waals surface area contributed by atoms with Crippen LogP contribution in [-0.2, 0) is 6.42 Å². The number of benzene rings is 1. The van der Waals surface area contributed by atoms with Gasteiger partial charge < -0.3 is 0 Å². The van der Waals surface area contributed by atoms with Crippen molar-refractivity contribution in [1.29, 1.82) is 5.26 Å². The van der Waals surface area contributed by atoms with E-state index < -0.39 is 5.82 Å². The van der Waals surface area contributed by atoms with Crippen LogP contribution in [0.5, 0.6) is 0 Å². The molecule has 1 aromatic heterocycles. The maximum absolute atomic E-state index is 13.0. The predicted molar refractivity (Wildman–Crippen MR) is 58.9 cm³/mol. The van der Waals surface area contributed by atoms with Gasteiger partial charge in [-0.15, -0.1) is 0 Å². The maximum atomic E-state index is 13.0. The van der Waals surface area contributed by atoms with E-state index in [0.29, 0.717) is 16.8 Å². The fraction of sp³-hybridized carbons (Fsp3) is 0.0769. The van der Waals surface area contributed by atoms with Gasteiger partial charge in [0.2, 0.25) is 0 Å². The van der Waals surface area contributed by atoms with Gasteiger partial charge in [0.05, 0.1) is 24.4 Å². The standard InChI is InChI=1S/C13H8F2N2/c14-11-3-1-9(2-4-11)13-10(5-6-16)7-12(15)8-17-13/h1-4,7-8H,5H2. The summed E-state index contributed by atoms with van der Waals surface area (Å²) in [4.78, 5) is 3.95. The van der Waals surface area contributed by atoms with Crippen molar-refractivity contribution in [2.45, 2.75) is 6.42 Å². The molecule has 0 unspecified atom stereocenters. The summed E-state index contributed by atoms with van der Waals surface area (Å²) in [5, 5.41) is 8.67. The Balaban J connectivity index is 2.51. The van der Waals surface area contributed by atoms with Crippen LogP contribution in [0.15, 0.2) is 36.5 Å². The van der Waals surface area contributed by atoms with E-state index in [2.05, 4.69) is 4.98 Å². The third-order valence-corrected chi connectivity index (χ3v) is 2.32. The minimum atomic E-state index is -0.485. The summed E-state index contributed by atoms with van der Waals surface area (Å²) >= 11 is 0. The average molecular weight is 230 g/mol. The zero-order chi connectivity index (χ0) is 12.3. The largest absolute Gasteiger partial charge is 0.253 e. The molecule has 0 aliphatic heterocycles. The Morgan fingerprint density at radius 3 is 2.47 bits per heavy atom. The van der Waals surface area contributed by atoms with Crippen molar-refractivity contribution in [2.24, 2.45) is 0 Å². The molecule has 0 bridgehead atoms. The number of aromatic nitrogens is 1. The molecule has 2 rings (SSSR count). The average Bonchev–Trinajstić information content (AvgIpc) is 2.31. The minimum Gasteiger partial charge on any atom is -0.253 e. The van der Waals surface area contributed by atoms with Crippen molar-refractivity contribution in [2.75, 3.05) is 0 Å². The van der Waals surface area contributed by atoms with Crippen molar-refractivity contribution < 1.29 is 8.78 Å². The van der Waals surface area contributed by atoms with E-state index in [1.807, 2.05) is 6.07 Å². The monoisotopic (exact) mass is 230 g/mol. The van der Waals surface area contributed by atoms with Crippen molar-refractivity contribution in [3.8, 4) is 17.3 Å². The Bertz CT molecular complexity index is 571. The molecule has 0 spiro atoms. The fourth-order valence-electron chi connectivity index (χ4n) is 1.57. The van der Waals surface area contributed by atoms with Gasteiger partial charge in [-0.25, -0.2) is 8.78 Å². The Morgan fingerprint density at radius 2 is 1.82 bits per heavy atom. The van der Waals surface area contributed by atoms with Crippen molar-refractivity contribution >= 4 is 0 Å². The summed E-state index contributed by atoms with van der Waals surface area (Å²) in [5.41, 5.74) is 1.67. The molecular formula is C13H8F2N2. The van der Waals surface area contributed by atoms with E-state index in [-0.39, 0.29) is 12.2 Å². The van der Waals surface area contributed by atoms with Crippen LogP contribution < -0.4 is 0 Å². The van der Waals surface area contributed by atoms with Gasteiger partial charge in [0, 0.05) is 5.56 Å². The summed E-state index contributed by atoms with van der Waals surface area (Å²) in [6.45, 7) is 0. The number of rotatable bonds is 2. The molecule has 2 nitrogen and oxygen atoms in total. The molecule has 0 saturated heterocycles. The molecule has 0 aliphatic rings. The zero-order valence-corrected chi connectivity index (χ0v) is 8.82. The summed E-state index contributed by atoms with van der Waals surface area (Å²) < 4.78 is 25.8. The normalized spacial score (nSPS) is 9.94. The smallest absolute Gasteiger partial charge is 0.141 e. The van der Waals surface area contributed by atoms with Crippen LogP contribution in [0.3, 0.4) is 0 Å². The molecule has 84 valence electrons. The summed E-state index contributed by atoms with van der Waals surface area (Å²) in [5.74, 6) is -0.834. The first-order chi connectivity index (χ1) is 8.20. The molecule has 0 atom stereocenters. The molecule has 0 saturated carbocycles. The van der Waals surface area contributed by atoms with Crippen molar-refractivity contribution in [3.63, 3.8) is 0 Å². The third-order valence-electron chi connectivity index (χ3n) is 2.32. The summed E-state index contributed by atoms with van der Waals surface area (Å²) in [6.07, 6.45) is 1.15. The van der Waals surface area contributed by atoms with Crippen LogP contribution in [0.1, 0.15) is 5.56 Å². The summed E-state index contributed by atoms with van der Waals surface area (Å²) in [7, 11) is 0. The van der Waals surface area contributed by atoms with Gasteiger partial charge >= 0.3 is 0 Å². The van der Waals surface area contributed by atoms with Gasteiger partial charge in [-0.1, -0.05) is 0 Å². The molecule has 0 radical (unpaired) electrons. The lowest BCUT2D eigenvalue weighted by atomic mass is 10.0. The Kier molecular flexibility index (Phi) is 3.10. The number of hydrogen-bond acceptors (Lipinski definition) is 2. The number of hydrogen-bond donors (Lipinski definition) is 0. The van der Waals surface area contributed by atoms with E-state index in [9.17, 15) is 8.78 Å². The SMILES string of the molecule is N#CCc1cc(F)cnc1-c1ccc(F)cc1. The maximum Gasteiger partial charge on any atom is 0.141 e. The molecule has 1 heterocycles. The minimum absolute atomic E-state index is 0.0669. The van der Waals surface area contributed by atoms with Crippen LogP contribution in [-0.4, -0.2) is 4.98 Å². The number of pyridine rings is 1. The molecule has 1 aromatic carbocycles. The second kappa shape index (κ2) is 4.71. The lowest BCUT2D eigenvalue weighted by Crippen LogP contribution is -1.94. The van der Waals surface area contributed by atoms with Gasteiger partial charge in [-0.3, -0.25) is 4.98 Å². The molecule has 4 heteroatoms. The van der Waals surface area contributed by atoms with Gasteiger partial charge in [0.25, 0.3) is 0 Å². The molecule has 0 amide bonds. The Morgan fingerprint density at radius 1 is 1.12 bits per heavy atom. The van der Waals surface area contributed by atoms with E-state index in [1.165, 1.54) is 18.2 Å². The quantitative estimate of drug-likeness (QED) is 0.794. The first-order valence-electron chi connectivity index (χ1n) is 4.98. The third kappa shape index (κ3) is 2.45. The van der Waals surface area contributed by atoms with Crippen LogP contribution in [0.25, 0.3) is 11.3 Å². The molecule has 0 N–H and O–H groups in total. The van der Waals surface area contributed by atoms with Crippen molar-refractivity contribution in [3.05, 3.63) is 53.7 Å². The van der Waals surface area contributed by atoms with Crippen LogP contribution >= 0.6 is 0 Å². The van der Waals surface area contributed by atoms with Gasteiger partial charge in [0.15, 0.2) is 0 Å². The highest BCUT2D eigenvalue weighted by molar-refractivity contribution is 5.63. The number of nitrogens with zero attached hydrogens (tertiary/aromatic N) is 2. The van der Waals surface area contributed by atoms with E-state index >= 15 is 0 Å². The zero-order valence-electron chi connectivity index (χ0n) is 8.82. The number of halogens is 2. The predicted octanol–water partition coefficient (Wildman–Crippen LogP) is 3.09. The van der Waals surface area contributed by atoms with E-state index in [4.69, 9.17) is 5.26 Å². The second-order valence-corrected chi connectivity index (χ2v) is 3.50.